The topological polar surface area (TPSA) is 23.5 Å². The van der Waals surface area contributed by atoms with Crippen molar-refractivity contribution >= 4 is 11.8 Å². The molecule has 1 aliphatic carbocycles. The Hall–Kier alpha value is 0.270. The van der Waals surface area contributed by atoms with Gasteiger partial charge in [-0.1, -0.05) is 27.7 Å². The Morgan fingerprint density at radius 3 is 2.22 bits per heavy atom. The lowest BCUT2D eigenvalue weighted by Crippen LogP contribution is -2.47. The minimum atomic E-state index is -0.0797. The van der Waals surface area contributed by atoms with Crippen molar-refractivity contribution in [3.8, 4) is 0 Å². The van der Waals surface area contributed by atoms with Gasteiger partial charge in [0.15, 0.2) is 0 Å². The van der Waals surface area contributed by atoms with E-state index in [2.05, 4.69) is 44.4 Å². The minimum absolute atomic E-state index is 0.0797. The van der Waals surface area contributed by atoms with Gasteiger partial charge in [0, 0.05) is 36.1 Å². The number of aliphatic hydroxyl groups excluding tert-OH is 1. The minimum Gasteiger partial charge on any atom is -0.393 e. The molecule has 1 aliphatic heterocycles. The van der Waals surface area contributed by atoms with Gasteiger partial charge in [0.25, 0.3) is 0 Å². The van der Waals surface area contributed by atoms with Gasteiger partial charge in [-0.3, -0.25) is 0 Å². The normalized spacial score (nSPS) is 47.2. The zero-order valence-corrected chi connectivity index (χ0v) is 13.1. The van der Waals surface area contributed by atoms with Gasteiger partial charge in [-0.05, 0) is 24.7 Å². The zero-order valence-electron chi connectivity index (χ0n) is 12.3. The van der Waals surface area contributed by atoms with Crippen LogP contribution < -0.4 is 0 Å². The molecule has 0 aromatic rings. The van der Waals surface area contributed by atoms with E-state index in [4.69, 9.17) is 0 Å². The van der Waals surface area contributed by atoms with Gasteiger partial charge in [0.2, 0.25) is 0 Å². The lowest BCUT2D eigenvalue weighted by molar-refractivity contribution is -0.00220. The smallest absolute Gasteiger partial charge is 0.0585 e. The van der Waals surface area contributed by atoms with Crippen LogP contribution in [0, 0.1) is 17.8 Å². The van der Waals surface area contributed by atoms with Crippen molar-refractivity contribution in [2.75, 3.05) is 19.6 Å². The highest BCUT2D eigenvalue weighted by molar-refractivity contribution is 8.00. The average molecular weight is 271 g/mol. The van der Waals surface area contributed by atoms with Crippen LogP contribution in [0.3, 0.4) is 0 Å². The van der Waals surface area contributed by atoms with Crippen molar-refractivity contribution in [2.24, 2.45) is 17.8 Å². The molecule has 2 rings (SSSR count). The van der Waals surface area contributed by atoms with Gasteiger partial charge in [-0.2, -0.15) is 11.8 Å². The summed E-state index contributed by atoms with van der Waals surface area (Å²) in [5.41, 5.74) is 0. The Morgan fingerprint density at radius 2 is 1.67 bits per heavy atom. The van der Waals surface area contributed by atoms with E-state index in [-0.39, 0.29) is 6.10 Å². The first-order chi connectivity index (χ1) is 8.45. The van der Waals surface area contributed by atoms with Crippen LogP contribution in [0.4, 0.5) is 0 Å². The van der Waals surface area contributed by atoms with Crippen LogP contribution in [0.1, 0.15) is 40.5 Å². The summed E-state index contributed by atoms with van der Waals surface area (Å²) in [5, 5.41) is 11.8. The Labute approximate surface area is 117 Å². The zero-order chi connectivity index (χ0) is 13.3. The predicted octanol–water partition coefficient (Wildman–Crippen LogP) is 2.86. The van der Waals surface area contributed by atoms with Crippen molar-refractivity contribution in [1.29, 1.82) is 0 Å². The molecule has 2 fully saturated rings. The summed E-state index contributed by atoms with van der Waals surface area (Å²) >= 11 is 2.10. The molecule has 2 aliphatic rings. The number of thioether (sulfide) groups is 1. The molecule has 1 saturated heterocycles. The van der Waals surface area contributed by atoms with Crippen LogP contribution in [0.2, 0.25) is 0 Å². The van der Waals surface area contributed by atoms with E-state index in [0.717, 1.165) is 23.5 Å². The van der Waals surface area contributed by atoms with Crippen molar-refractivity contribution in [2.45, 2.75) is 57.1 Å². The van der Waals surface area contributed by atoms with Gasteiger partial charge in [0.1, 0.15) is 0 Å². The fourth-order valence-corrected chi connectivity index (χ4v) is 5.29. The first-order valence-corrected chi connectivity index (χ1v) is 8.45. The van der Waals surface area contributed by atoms with Crippen molar-refractivity contribution in [3.05, 3.63) is 0 Å². The Kier molecular flexibility index (Phi) is 5.01. The fourth-order valence-electron chi connectivity index (χ4n) is 3.91. The molecule has 0 aromatic heterocycles. The molecule has 1 heterocycles. The molecule has 2 nitrogen and oxygen atoms in total. The van der Waals surface area contributed by atoms with Crippen LogP contribution in [0.15, 0.2) is 0 Å². The highest BCUT2D eigenvalue weighted by atomic mass is 32.2. The number of nitrogens with zero attached hydrogens (tertiary/aromatic N) is 1. The number of aliphatic hydroxyl groups is 1. The first kappa shape index (κ1) is 14.7. The van der Waals surface area contributed by atoms with E-state index in [9.17, 15) is 5.11 Å². The third-order valence-electron chi connectivity index (χ3n) is 4.61. The van der Waals surface area contributed by atoms with Gasteiger partial charge < -0.3 is 10.0 Å². The molecule has 0 bridgehead atoms. The molecule has 6 unspecified atom stereocenters. The molecule has 0 amide bonds. The first-order valence-electron chi connectivity index (χ1n) is 7.51. The summed E-state index contributed by atoms with van der Waals surface area (Å²) in [7, 11) is 0. The highest BCUT2D eigenvalue weighted by Gasteiger charge is 2.35. The standard InChI is InChI=1S/C15H29NOS/c1-10-5-11(2)14(15(17)6-10)9-16-7-12(3)18-13(4)8-16/h10-15,17H,5-9H2,1-4H3. The molecule has 1 saturated carbocycles. The molecule has 1 N–H and O–H groups in total. The van der Waals surface area contributed by atoms with Crippen LogP contribution in [0.25, 0.3) is 0 Å². The molecule has 6 atom stereocenters. The van der Waals surface area contributed by atoms with E-state index in [1.54, 1.807) is 0 Å². The lowest BCUT2D eigenvalue weighted by Gasteiger charge is -2.42. The molecule has 0 radical (unpaired) electrons. The van der Waals surface area contributed by atoms with Gasteiger partial charge in [-0.25, -0.2) is 0 Å². The molecule has 18 heavy (non-hydrogen) atoms. The molecule has 3 heteroatoms. The molecular weight excluding hydrogens is 242 g/mol. The van der Waals surface area contributed by atoms with Gasteiger partial charge in [0.05, 0.1) is 6.10 Å². The lowest BCUT2D eigenvalue weighted by atomic mass is 9.73. The fraction of sp³-hybridized carbons (Fsp3) is 1.00. The maximum atomic E-state index is 10.3. The summed E-state index contributed by atoms with van der Waals surface area (Å²) in [6.07, 6.45) is 2.21. The van der Waals surface area contributed by atoms with E-state index in [0.29, 0.717) is 17.8 Å². The quantitative estimate of drug-likeness (QED) is 0.835. The number of hydrogen-bond donors (Lipinski definition) is 1. The van der Waals surface area contributed by atoms with Gasteiger partial charge >= 0.3 is 0 Å². The maximum absolute atomic E-state index is 10.3. The number of rotatable bonds is 2. The molecular formula is C15H29NOS. The molecule has 106 valence electrons. The maximum Gasteiger partial charge on any atom is 0.0585 e. The summed E-state index contributed by atoms with van der Waals surface area (Å²) < 4.78 is 0. The summed E-state index contributed by atoms with van der Waals surface area (Å²) in [4.78, 5) is 2.59. The third-order valence-corrected chi connectivity index (χ3v) is 5.83. The van der Waals surface area contributed by atoms with E-state index < -0.39 is 0 Å². The SMILES string of the molecule is CC1CC(C)C(CN2CC(C)SC(C)C2)C(O)C1. The van der Waals surface area contributed by atoms with E-state index in [1.807, 2.05) is 0 Å². The molecule has 0 aromatic carbocycles. The largest absolute Gasteiger partial charge is 0.393 e. The third kappa shape index (κ3) is 3.64. The second kappa shape index (κ2) is 6.15. The Morgan fingerprint density at radius 1 is 1.06 bits per heavy atom. The van der Waals surface area contributed by atoms with Crippen LogP contribution in [-0.2, 0) is 0 Å². The van der Waals surface area contributed by atoms with Gasteiger partial charge in [-0.15, -0.1) is 0 Å². The van der Waals surface area contributed by atoms with Crippen LogP contribution >= 0.6 is 11.8 Å². The Bertz CT molecular complexity index is 251. The van der Waals surface area contributed by atoms with Crippen molar-refractivity contribution < 1.29 is 5.11 Å². The summed E-state index contributed by atoms with van der Waals surface area (Å²) in [5.74, 6) is 1.86. The monoisotopic (exact) mass is 271 g/mol. The van der Waals surface area contributed by atoms with Crippen LogP contribution in [0.5, 0.6) is 0 Å². The summed E-state index contributed by atoms with van der Waals surface area (Å²) in [6, 6.07) is 0. The van der Waals surface area contributed by atoms with Crippen molar-refractivity contribution in [1.82, 2.24) is 4.90 Å². The average Bonchev–Trinajstić information content (AvgIpc) is 2.22. The highest BCUT2D eigenvalue weighted by Crippen LogP contribution is 2.35. The Balaban J connectivity index is 1.91. The number of hydrogen-bond acceptors (Lipinski definition) is 3. The second-order valence-corrected chi connectivity index (χ2v) is 8.64. The molecule has 0 spiro atoms. The van der Waals surface area contributed by atoms with Crippen LogP contribution in [-0.4, -0.2) is 46.2 Å². The second-order valence-electron chi connectivity index (χ2n) is 6.76. The van der Waals surface area contributed by atoms with E-state index >= 15 is 0 Å². The van der Waals surface area contributed by atoms with E-state index in [1.165, 1.54) is 19.5 Å². The van der Waals surface area contributed by atoms with Crippen molar-refractivity contribution in [3.63, 3.8) is 0 Å². The predicted molar refractivity (Wildman–Crippen MR) is 80.0 cm³/mol. The summed E-state index contributed by atoms with van der Waals surface area (Å²) in [6.45, 7) is 12.8.